The molecule has 2 aromatic rings. The van der Waals surface area contributed by atoms with Crippen molar-refractivity contribution in [3.63, 3.8) is 0 Å². The molecule has 0 radical (unpaired) electrons. The normalized spacial score (nSPS) is 11.4. The number of nitrogens with zero attached hydrogens (tertiary/aromatic N) is 1. The third kappa shape index (κ3) is 3.14. The summed E-state index contributed by atoms with van der Waals surface area (Å²) in [5, 5.41) is -0.417. The molecule has 19 heavy (non-hydrogen) atoms. The van der Waals surface area contributed by atoms with Crippen LogP contribution < -0.4 is 4.74 Å². The third-order valence-electron chi connectivity index (χ3n) is 2.25. The van der Waals surface area contributed by atoms with E-state index in [0.717, 1.165) is 6.07 Å². The summed E-state index contributed by atoms with van der Waals surface area (Å²) >= 11 is 5.50. The zero-order valence-electron chi connectivity index (χ0n) is 9.21. The van der Waals surface area contributed by atoms with Crippen molar-refractivity contribution < 1.29 is 22.3 Å². The molecule has 1 aromatic carbocycles. The number of benzene rings is 1. The predicted molar refractivity (Wildman–Crippen MR) is 61.3 cm³/mol. The van der Waals surface area contributed by atoms with Gasteiger partial charge in [0.2, 0.25) is 0 Å². The SMILES string of the molecule is Fc1c(-c2ccccc2OC(F)(F)F)ccnc1Cl. The number of aromatic nitrogens is 1. The number of alkyl halides is 3. The van der Waals surface area contributed by atoms with E-state index in [4.69, 9.17) is 11.6 Å². The van der Waals surface area contributed by atoms with E-state index < -0.39 is 23.1 Å². The van der Waals surface area contributed by atoms with E-state index in [1.165, 1.54) is 30.5 Å². The summed E-state index contributed by atoms with van der Waals surface area (Å²) in [5.74, 6) is -1.40. The minimum Gasteiger partial charge on any atom is -0.405 e. The summed E-state index contributed by atoms with van der Waals surface area (Å²) < 4.78 is 54.4. The number of rotatable bonds is 2. The van der Waals surface area contributed by atoms with Gasteiger partial charge in [0.1, 0.15) is 5.75 Å². The topological polar surface area (TPSA) is 22.1 Å². The van der Waals surface area contributed by atoms with Gasteiger partial charge in [-0.2, -0.15) is 0 Å². The largest absolute Gasteiger partial charge is 0.573 e. The first-order valence-corrected chi connectivity index (χ1v) is 5.41. The Morgan fingerprint density at radius 2 is 1.74 bits per heavy atom. The van der Waals surface area contributed by atoms with Gasteiger partial charge in [-0.15, -0.1) is 13.2 Å². The molecule has 0 amide bonds. The highest BCUT2D eigenvalue weighted by Crippen LogP contribution is 2.35. The number of halogens is 5. The maximum Gasteiger partial charge on any atom is 0.573 e. The lowest BCUT2D eigenvalue weighted by Crippen LogP contribution is -2.17. The highest BCUT2D eigenvalue weighted by Gasteiger charge is 2.32. The van der Waals surface area contributed by atoms with Crippen LogP contribution in [0.15, 0.2) is 36.5 Å². The molecule has 0 saturated carbocycles. The number of hydrogen-bond donors (Lipinski definition) is 0. The maximum atomic E-state index is 13.8. The van der Waals surface area contributed by atoms with Crippen LogP contribution in [0.3, 0.4) is 0 Å². The molecule has 0 N–H and O–H groups in total. The molecule has 0 spiro atoms. The van der Waals surface area contributed by atoms with Crippen LogP contribution in [0.1, 0.15) is 0 Å². The molecule has 2 rings (SSSR count). The van der Waals surface area contributed by atoms with Crippen molar-refractivity contribution in [3.8, 4) is 16.9 Å². The summed E-state index contributed by atoms with van der Waals surface area (Å²) in [6, 6.07) is 6.43. The van der Waals surface area contributed by atoms with Crippen LogP contribution in [0.5, 0.6) is 5.75 Å². The molecule has 0 saturated heterocycles. The zero-order valence-corrected chi connectivity index (χ0v) is 9.97. The molecule has 1 heterocycles. The molecule has 0 bridgehead atoms. The summed E-state index contributed by atoms with van der Waals surface area (Å²) in [4.78, 5) is 3.50. The van der Waals surface area contributed by atoms with Gasteiger partial charge < -0.3 is 4.74 Å². The molecular weight excluding hydrogens is 286 g/mol. The lowest BCUT2D eigenvalue weighted by molar-refractivity contribution is -0.274. The van der Waals surface area contributed by atoms with E-state index >= 15 is 0 Å². The number of pyridine rings is 1. The highest BCUT2D eigenvalue weighted by molar-refractivity contribution is 6.29. The second kappa shape index (κ2) is 5.05. The second-order valence-corrected chi connectivity index (χ2v) is 3.87. The standard InChI is InChI=1S/C12H6ClF4NO/c13-11-10(14)8(5-6-18-11)7-3-1-2-4-9(7)19-12(15,16)17/h1-6H. The average molecular weight is 292 g/mol. The van der Waals surface area contributed by atoms with E-state index in [1.54, 1.807) is 0 Å². The summed E-state index contributed by atoms with van der Waals surface area (Å²) in [7, 11) is 0. The zero-order chi connectivity index (χ0) is 14.0. The molecule has 0 aliphatic heterocycles. The van der Waals surface area contributed by atoms with E-state index in [0.29, 0.717) is 0 Å². The molecule has 0 aliphatic rings. The summed E-state index contributed by atoms with van der Waals surface area (Å²) in [6.07, 6.45) is -3.66. The Hall–Kier alpha value is -1.82. The van der Waals surface area contributed by atoms with Gasteiger partial charge in [-0.3, -0.25) is 0 Å². The summed E-state index contributed by atoms with van der Waals surface area (Å²) in [5.41, 5.74) is -0.165. The van der Waals surface area contributed by atoms with Crippen LogP contribution in [0.4, 0.5) is 17.6 Å². The Morgan fingerprint density at radius 1 is 1.05 bits per heavy atom. The molecule has 0 aliphatic carbocycles. The first kappa shape index (κ1) is 13.6. The van der Waals surface area contributed by atoms with Gasteiger partial charge in [-0.1, -0.05) is 29.8 Å². The van der Waals surface area contributed by atoms with E-state index in [1.807, 2.05) is 0 Å². The maximum absolute atomic E-state index is 13.8. The van der Waals surface area contributed by atoms with Crippen LogP contribution in [0.2, 0.25) is 5.15 Å². The number of para-hydroxylation sites is 1. The highest BCUT2D eigenvalue weighted by atomic mass is 35.5. The van der Waals surface area contributed by atoms with E-state index in [-0.39, 0.29) is 11.1 Å². The van der Waals surface area contributed by atoms with Crippen LogP contribution in [0, 0.1) is 5.82 Å². The molecule has 0 unspecified atom stereocenters. The van der Waals surface area contributed by atoms with Crippen LogP contribution in [-0.2, 0) is 0 Å². The fourth-order valence-corrected chi connectivity index (χ4v) is 1.69. The molecule has 2 nitrogen and oxygen atoms in total. The van der Waals surface area contributed by atoms with Gasteiger partial charge in [0, 0.05) is 17.3 Å². The van der Waals surface area contributed by atoms with Gasteiger partial charge in [0.25, 0.3) is 0 Å². The van der Waals surface area contributed by atoms with Gasteiger partial charge >= 0.3 is 6.36 Å². The van der Waals surface area contributed by atoms with Crippen LogP contribution >= 0.6 is 11.6 Å². The van der Waals surface area contributed by atoms with Crippen molar-refractivity contribution in [2.75, 3.05) is 0 Å². The van der Waals surface area contributed by atoms with Crippen LogP contribution in [0.25, 0.3) is 11.1 Å². The smallest absolute Gasteiger partial charge is 0.405 e. The van der Waals surface area contributed by atoms with Gasteiger partial charge in [0.05, 0.1) is 0 Å². The van der Waals surface area contributed by atoms with Crippen molar-refractivity contribution in [1.29, 1.82) is 0 Å². The first-order chi connectivity index (χ1) is 8.88. The second-order valence-electron chi connectivity index (χ2n) is 3.51. The molecule has 0 atom stereocenters. The lowest BCUT2D eigenvalue weighted by atomic mass is 10.1. The average Bonchev–Trinajstić information content (AvgIpc) is 2.32. The van der Waals surface area contributed by atoms with Gasteiger partial charge in [0.15, 0.2) is 11.0 Å². The number of hydrogen-bond acceptors (Lipinski definition) is 2. The molecular formula is C12H6ClF4NO. The fraction of sp³-hybridized carbons (Fsp3) is 0.0833. The Labute approximate surface area is 110 Å². The Kier molecular flexibility index (Phi) is 3.61. The predicted octanol–water partition coefficient (Wildman–Crippen LogP) is 4.44. The summed E-state index contributed by atoms with van der Waals surface area (Å²) in [6.45, 7) is 0. The van der Waals surface area contributed by atoms with Crippen molar-refractivity contribution in [2.45, 2.75) is 6.36 Å². The molecule has 1 aromatic heterocycles. The van der Waals surface area contributed by atoms with Gasteiger partial charge in [-0.25, -0.2) is 9.37 Å². The van der Waals surface area contributed by atoms with Crippen molar-refractivity contribution >= 4 is 11.6 Å². The molecule has 100 valence electrons. The lowest BCUT2D eigenvalue weighted by Gasteiger charge is -2.13. The monoisotopic (exact) mass is 291 g/mol. The Bertz CT molecular complexity index is 601. The Morgan fingerprint density at radius 3 is 2.42 bits per heavy atom. The molecule has 0 fully saturated rings. The quantitative estimate of drug-likeness (QED) is 0.603. The van der Waals surface area contributed by atoms with E-state index in [9.17, 15) is 17.6 Å². The van der Waals surface area contributed by atoms with Crippen LogP contribution in [-0.4, -0.2) is 11.3 Å². The van der Waals surface area contributed by atoms with E-state index in [2.05, 4.69) is 9.72 Å². The minimum absolute atomic E-state index is 0.0541. The van der Waals surface area contributed by atoms with Gasteiger partial charge in [-0.05, 0) is 12.1 Å². The van der Waals surface area contributed by atoms with Crippen molar-refractivity contribution in [3.05, 3.63) is 47.5 Å². The Balaban J connectivity index is 2.54. The van der Waals surface area contributed by atoms with Crippen molar-refractivity contribution in [2.24, 2.45) is 0 Å². The minimum atomic E-state index is -4.86. The fourth-order valence-electron chi connectivity index (χ4n) is 1.53. The molecule has 7 heteroatoms. The number of ether oxygens (including phenoxy) is 1. The first-order valence-electron chi connectivity index (χ1n) is 5.03. The third-order valence-corrected chi connectivity index (χ3v) is 2.51. The van der Waals surface area contributed by atoms with Crippen molar-refractivity contribution in [1.82, 2.24) is 4.98 Å².